The minimum atomic E-state index is -0.104. The number of benzene rings is 1. The zero-order valence-corrected chi connectivity index (χ0v) is 14.6. The molecular weight excluding hydrogens is 332 g/mol. The van der Waals surface area contributed by atoms with Crippen molar-refractivity contribution in [2.24, 2.45) is 0 Å². The SMILES string of the molecule is CCCC(=O)Nc1nnc(SCC(=O)Nc2cccc(C)c2)s1. The van der Waals surface area contributed by atoms with Gasteiger partial charge in [-0.2, -0.15) is 0 Å². The fourth-order valence-electron chi connectivity index (χ4n) is 1.77. The highest BCUT2D eigenvalue weighted by Gasteiger charge is 2.10. The Morgan fingerprint density at radius 2 is 2.04 bits per heavy atom. The molecule has 2 rings (SSSR count). The van der Waals surface area contributed by atoms with E-state index >= 15 is 0 Å². The summed E-state index contributed by atoms with van der Waals surface area (Å²) in [7, 11) is 0. The van der Waals surface area contributed by atoms with Gasteiger partial charge in [0.25, 0.3) is 0 Å². The first-order chi connectivity index (χ1) is 11.1. The molecule has 0 bridgehead atoms. The van der Waals surface area contributed by atoms with E-state index in [4.69, 9.17) is 0 Å². The molecule has 0 saturated heterocycles. The molecule has 0 unspecified atom stereocenters. The Balaban J connectivity index is 1.80. The molecule has 8 heteroatoms. The lowest BCUT2D eigenvalue weighted by Crippen LogP contribution is -2.13. The molecule has 1 aromatic heterocycles. The Kier molecular flexibility index (Phi) is 6.54. The van der Waals surface area contributed by atoms with Crippen molar-refractivity contribution in [1.29, 1.82) is 0 Å². The summed E-state index contributed by atoms with van der Waals surface area (Å²) in [6.45, 7) is 3.91. The number of hydrogen-bond donors (Lipinski definition) is 2. The van der Waals surface area contributed by atoms with Crippen LogP contribution in [0.25, 0.3) is 0 Å². The Hall–Kier alpha value is -1.93. The van der Waals surface area contributed by atoms with Crippen molar-refractivity contribution in [3.05, 3.63) is 29.8 Å². The molecule has 1 aromatic carbocycles. The molecule has 0 fully saturated rings. The van der Waals surface area contributed by atoms with Gasteiger partial charge in [0.05, 0.1) is 5.75 Å². The van der Waals surface area contributed by atoms with Crippen LogP contribution in [-0.2, 0) is 9.59 Å². The molecule has 2 N–H and O–H groups in total. The Labute approximate surface area is 143 Å². The van der Waals surface area contributed by atoms with Crippen molar-refractivity contribution in [3.63, 3.8) is 0 Å². The molecule has 122 valence electrons. The van der Waals surface area contributed by atoms with Gasteiger partial charge in [0, 0.05) is 12.1 Å². The number of nitrogens with zero attached hydrogens (tertiary/aromatic N) is 2. The monoisotopic (exact) mass is 350 g/mol. The average Bonchev–Trinajstić information content (AvgIpc) is 2.93. The summed E-state index contributed by atoms with van der Waals surface area (Å²) in [5.41, 5.74) is 1.87. The van der Waals surface area contributed by atoms with Crippen LogP contribution in [0.15, 0.2) is 28.6 Å². The quantitative estimate of drug-likeness (QED) is 0.591. The third kappa shape index (κ3) is 5.99. The number of carbonyl (C=O) groups is 2. The van der Waals surface area contributed by atoms with Crippen LogP contribution in [0.1, 0.15) is 25.3 Å². The van der Waals surface area contributed by atoms with E-state index in [0.717, 1.165) is 17.7 Å². The van der Waals surface area contributed by atoms with Gasteiger partial charge >= 0.3 is 0 Å². The Bertz CT molecular complexity index is 688. The second-order valence-electron chi connectivity index (χ2n) is 4.88. The van der Waals surface area contributed by atoms with E-state index < -0.39 is 0 Å². The summed E-state index contributed by atoms with van der Waals surface area (Å²) in [6, 6.07) is 7.63. The minimum absolute atomic E-state index is 0.0719. The van der Waals surface area contributed by atoms with Gasteiger partial charge in [-0.3, -0.25) is 9.59 Å². The zero-order chi connectivity index (χ0) is 16.7. The van der Waals surface area contributed by atoms with Gasteiger partial charge in [0.2, 0.25) is 16.9 Å². The Morgan fingerprint density at radius 3 is 2.78 bits per heavy atom. The molecule has 0 radical (unpaired) electrons. The van der Waals surface area contributed by atoms with Crippen molar-refractivity contribution >= 4 is 45.7 Å². The summed E-state index contributed by atoms with van der Waals surface area (Å²) in [4.78, 5) is 23.4. The van der Waals surface area contributed by atoms with Crippen molar-refractivity contribution in [3.8, 4) is 0 Å². The first-order valence-corrected chi connectivity index (χ1v) is 8.99. The molecule has 2 amide bonds. The summed E-state index contributed by atoms with van der Waals surface area (Å²) >= 11 is 2.56. The molecule has 23 heavy (non-hydrogen) atoms. The van der Waals surface area contributed by atoms with Crippen molar-refractivity contribution in [2.75, 3.05) is 16.4 Å². The maximum atomic E-state index is 11.9. The van der Waals surface area contributed by atoms with Crippen molar-refractivity contribution < 1.29 is 9.59 Å². The van der Waals surface area contributed by atoms with Crippen LogP contribution in [0, 0.1) is 6.92 Å². The normalized spacial score (nSPS) is 10.3. The highest BCUT2D eigenvalue weighted by atomic mass is 32.2. The lowest BCUT2D eigenvalue weighted by molar-refractivity contribution is -0.116. The van der Waals surface area contributed by atoms with Gasteiger partial charge in [-0.15, -0.1) is 10.2 Å². The molecule has 0 aliphatic carbocycles. The van der Waals surface area contributed by atoms with Crippen LogP contribution >= 0.6 is 23.1 Å². The summed E-state index contributed by atoms with van der Waals surface area (Å²) in [5.74, 6) is 0.0654. The molecule has 6 nitrogen and oxygen atoms in total. The van der Waals surface area contributed by atoms with E-state index in [2.05, 4.69) is 20.8 Å². The summed E-state index contributed by atoms with van der Waals surface area (Å²) in [6.07, 6.45) is 1.24. The molecular formula is C15H18N4O2S2. The molecule has 2 aromatic rings. The first kappa shape index (κ1) is 17.4. The molecule has 0 saturated carbocycles. The summed E-state index contributed by atoms with van der Waals surface area (Å²) in [5, 5.41) is 13.8. The molecule has 0 atom stereocenters. The maximum absolute atomic E-state index is 11.9. The lowest BCUT2D eigenvalue weighted by Gasteiger charge is -2.04. The van der Waals surface area contributed by atoms with Gasteiger partial charge in [0.15, 0.2) is 4.34 Å². The highest BCUT2D eigenvalue weighted by Crippen LogP contribution is 2.25. The number of nitrogens with one attached hydrogen (secondary N) is 2. The lowest BCUT2D eigenvalue weighted by atomic mass is 10.2. The van der Waals surface area contributed by atoms with E-state index in [9.17, 15) is 9.59 Å². The minimum Gasteiger partial charge on any atom is -0.325 e. The standard InChI is InChI=1S/C15H18N4O2S2/c1-3-5-12(20)17-14-18-19-15(23-14)22-9-13(21)16-11-7-4-6-10(2)8-11/h4,6-8H,3,5,9H2,1-2H3,(H,16,21)(H,17,18,20). The molecule has 0 aliphatic rings. The number of carbonyl (C=O) groups excluding carboxylic acids is 2. The first-order valence-electron chi connectivity index (χ1n) is 7.19. The fourth-order valence-corrected chi connectivity index (χ4v) is 3.34. The number of hydrogen-bond acceptors (Lipinski definition) is 6. The van der Waals surface area contributed by atoms with Crippen molar-refractivity contribution in [1.82, 2.24) is 10.2 Å². The molecule has 1 heterocycles. The molecule has 0 aliphatic heterocycles. The fraction of sp³-hybridized carbons (Fsp3) is 0.333. The third-order valence-corrected chi connectivity index (χ3v) is 4.73. The summed E-state index contributed by atoms with van der Waals surface area (Å²) < 4.78 is 0.649. The number of thioether (sulfide) groups is 1. The topological polar surface area (TPSA) is 84.0 Å². The average molecular weight is 350 g/mol. The van der Waals surface area contributed by atoms with E-state index in [1.165, 1.54) is 23.1 Å². The smallest absolute Gasteiger partial charge is 0.234 e. The predicted octanol–water partition coefficient (Wildman–Crippen LogP) is 3.32. The van der Waals surface area contributed by atoms with Gasteiger partial charge in [-0.1, -0.05) is 42.2 Å². The number of amides is 2. The van der Waals surface area contributed by atoms with Crippen LogP contribution < -0.4 is 10.6 Å². The predicted molar refractivity (Wildman–Crippen MR) is 94.0 cm³/mol. The van der Waals surface area contributed by atoms with E-state index in [0.29, 0.717) is 15.9 Å². The number of anilines is 2. The van der Waals surface area contributed by atoms with E-state index in [-0.39, 0.29) is 17.6 Å². The number of rotatable bonds is 7. The largest absolute Gasteiger partial charge is 0.325 e. The van der Waals surface area contributed by atoms with Crippen LogP contribution in [-0.4, -0.2) is 27.8 Å². The zero-order valence-electron chi connectivity index (χ0n) is 13.0. The van der Waals surface area contributed by atoms with Gasteiger partial charge in [-0.05, 0) is 31.0 Å². The third-order valence-electron chi connectivity index (χ3n) is 2.76. The Morgan fingerprint density at radius 1 is 1.22 bits per heavy atom. The van der Waals surface area contributed by atoms with Gasteiger partial charge in [0.1, 0.15) is 0 Å². The van der Waals surface area contributed by atoms with Crippen molar-refractivity contribution in [2.45, 2.75) is 31.0 Å². The van der Waals surface area contributed by atoms with Crippen LogP contribution in [0.2, 0.25) is 0 Å². The highest BCUT2D eigenvalue weighted by molar-refractivity contribution is 8.01. The van der Waals surface area contributed by atoms with Gasteiger partial charge < -0.3 is 10.6 Å². The van der Waals surface area contributed by atoms with Crippen LogP contribution in [0.5, 0.6) is 0 Å². The maximum Gasteiger partial charge on any atom is 0.234 e. The molecule has 0 spiro atoms. The number of aromatic nitrogens is 2. The van der Waals surface area contributed by atoms with Gasteiger partial charge in [-0.25, -0.2) is 0 Å². The second kappa shape index (κ2) is 8.64. The van der Waals surface area contributed by atoms with E-state index in [1.807, 2.05) is 38.1 Å². The van der Waals surface area contributed by atoms with Crippen LogP contribution in [0.4, 0.5) is 10.8 Å². The number of aryl methyl sites for hydroxylation is 1. The van der Waals surface area contributed by atoms with Crippen LogP contribution in [0.3, 0.4) is 0 Å². The second-order valence-corrected chi connectivity index (χ2v) is 7.08. The van der Waals surface area contributed by atoms with E-state index in [1.54, 1.807) is 0 Å².